The van der Waals surface area contributed by atoms with Crippen molar-refractivity contribution in [1.82, 2.24) is 0 Å². The lowest BCUT2D eigenvalue weighted by Gasteiger charge is -2.19. The molecule has 0 radical (unpaired) electrons. The lowest BCUT2D eigenvalue weighted by atomic mass is 9.95. The summed E-state index contributed by atoms with van der Waals surface area (Å²) in [6.45, 7) is 4.37. The van der Waals surface area contributed by atoms with Gasteiger partial charge in [0.2, 0.25) is 0 Å². The topological polar surface area (TPSA) is 0 Å². The van der Waals surface area contributed by atoms with E-state index in [4.69, 9.17) is 23.2 Å². The minimum Gasteiger partial charge on any atom is -0.0884 e. The van der Waals surface area contributed by atoms with Crippen molar-refractivity contribution in [2.75, 3.05) is 0 Å². The summed E-state index contributed by atoms with van der Waals surface area (Å²) in [5.74, 6) is 0.412. The number of benzene rings is 1. The SMILES string of the molecule is CCCC(Br)C(C)c1ccc(Cl)cc1Cl. The maximum atomic E-state index is 6.16. The molecule has 0 aliphatic carbocycles. The Morgan fingerprint density at radius 1 is 1.33 bits per heavy atom. The van der Waals surface area contributed by atoms with Crippen LogP contribution in [0.2, 0.25) is 10.0 Å². The lowest BCUT2D eigenvalue weighted by Crippen LogP contribution is -2.09. The highest BCUT2D eigenvalue weighted by Crippen LogP contribution is 2.33. The summed E-state index contributed by atoms with van der Waals surface area (Å²) in [6.07, 6.45) is 2.32. The van der Waals surface area contributed by atoms with Gasteiger partial charge in [-0.3, -0.25) is 0 Å². The van der Waals surface area contributed by atoms with Gasteiger partial charge in [0.05, 0.1) is 0 Å². The molecule has 84 valence electrons. The molecule has 15 heavy (non-hydrogen) atoms. The van der Waals surface area contributed by atoms with Crippen molar-refractivity contribution in [2.24, 2.45) is 0 Å². The number of alkyl halides is 1. The standard InChI is InChI=1S/C12H15BrCl2/c1-3-4-11(13)8(2)10-6-5-9(14)7-12(10)15/h5-8,11H,3-4H2,1-2H3. The van der Waals surface area contributed by atoms with Crippen LogP contribution in [0.3, 0.4) is 0 Å². The van der Waals surface area contributed by atoms with Gasteiger partial charge in [-0.15, -0.1) is 0 Å². The zero-order chi connectivity index (χ0) is 11.4. The van der Waals surface area contributed by atoms with E-state index in [1.165, 1.54) is 6.42 Å². The van der Waals surface area contributed by atoms with Gasteiger partial charge in [0.25, 0.3) is 0 Å². The molecule has 0 N–H and O–H groups in total. The fourth-order valence-electron chi connectivity index (χ4n) is 1.59. The third kappa shape index (κ3) is 3.65. The van der Waals surface area contributed by atoms with Crippen LogP contribution in [0.1, 0.15) is 38.2 Å². The van der Waals surface area contributed by atoms with Gasteiger partial charge in [-0.1, -0.05) is 65.5 Å². The van der Waals surface area contributed by atoms with Crippen LogP contribution in [0.5, 0.6) is 0 Å². The smallest absolute Gasteiger partial charge is 0.0455 e. The van der Waals surface area contributed by atoms with E-state index >= 15 is 0 Å². The van der Waals surface area contributed by atoms with Gasteiger partial charge in [0, 0.05) is 14.9 Å². The van der Waals surface area contributed by atoms with Crippen LogP contribution < -0.4 is 0 Å². The van der Waals surface area contributed by atoms with Crippen LogP contribution in [0.4, 0.5) is 0 Å². The molecule has 0 aliphatic rings. The molecule has 0 saturated heterocycles. The first-order chi connectivity index (χ1) is 7.06. The zero-order valence-electron chi connectivity index (χ0n) is 8.93. The van der Waals surface area contributed by atoms with Crippen LogP contribution in [0.25, 0.3) is 0 Å². The van der Waals surface area contributed by atoms with Crippen LogP contribution in [0.15, 0.2) is 18.2 Å². The van der Waals surface area contributed by atoms with E-state index in [0.717, 1.165) is 17.0 Å². The van der Waals surface area contributed by atoms with Gasteiger partial charge in [-0.05, 0) is 30.0 Å². The fraction of sp³-hybridized carbons (Fsp3) is 0.500. The highest BCUT2D eigenvalue weighted by atomic mass is 79.9. The molecular formula is C12H15BrCl2. The predicted octanol–water partition coefficient (Wildman–Crippen LogP) is 5.66. The van der Waals surface area contributed by atoms with Gasteiger partial charge >= 0.3 is 0 Å². The second-order valence-corrected chi connectivity index (χ2v) is 5.78. The Morgan fingerprint density at radius 2 is 2.00 bits per heavy atom. The second kappa shape index (κ2) is 6.12. The molecule has 0 spiro atoms. The second-order valence-electron chi connectivity index (χ2n) is 3.76. The molecule has 0 fully saturated rings. The molecule has 3 heteroatoms. The fourth-order valence-corrected chi connectivity index (χ4v) is 2.91. The van der Waals surface area contributed by atoms with Crippen molar-refractivity contribution < 1.29 is 0 Å². The molecular weight excluding hydrogens is 295 g/mol. The third-order valence-electron chi connectivity index (χ3n) is 2.56. The highest BCUT2D eigenvalue weighted by Gasteiger charge is 2.17. The summed E-state index contributed by atoms with van der Waals surface area (Å²) in [5.41, 5.74) is 1.16. The van der Waals surface area contributed by atoms with Crippen molar-refractivity contribution in [2.45, 2.75) is 37.4 Å². The highest BCUT2D eigenvalue weighted by molar-refractivity contribution is 9.09. The minimum atomic E-state index is 0.412. The molecule has 0 bridgehead atoms. The molecule has 1 aromatic rings. The molecule has 0 heterocycles. The number of hydrogen-bond donors (Lipinski definition) is 0. The molecule has 0 saturated carbocycles. The Balaban J connectivity index is 2.86. The molecule has 2 atom stereocenters. The van der Waals surface area contributed by atoms with E-state index < -0.39 is 0 Å². The van der Waals surface area contributed by atoms with E-state index in [9.17, 15) is 0 Å². The van der Waals surface area contributed by atoms with Crippen molar-refractivity contribution in [3.05, 3.63) is 33.8 Å². The molecule has 1 rings (SSSR count). The number of rotatable bonds is 4. The van der Waals surface area contributed by atoms with E-state index in [1.54, 1.807) is 6.07 Å². The van der Waals surface area contributed by atoms with E-state index in [-0.39, 0.29) is 0 Å². The van der Waals surface area contributed by atoms with Gasteiger partial charge in [0.1, 0.15) is 0 Å². The summed E-state index contributed by atoms with van der Waals surface area (Å²) in [4.78, 5) is 0.473. The maximum absolute atomic E-state index is 6.16. The third-order valence-corrected chi connectivity index (χ3v) is 4.37. The van der Waals surface area contributed by atoms with Gasteiger partial charge in [0.15, 0.2) is 0 Å². The zero-order valence-corrected chi connectivity index (χ0v) is 12.0. The number of halogens is 3. The summed E-state index contributed by atoms with van der Waals surface area (Å²) < 4.78 is 0. The van der Waals surface area contributed by atoms with E-state index in [0.29, 0.717) is 15.8 Å². The van der Waals surface area contributed by atoms with Crippen LogP contribution in [0, 0.1) is 0 Å². The first-order valence-electron chi connectivity index (χ1n) is 5.15. The largest absolute Gasteiger partial charge is 0.0884 e. The predicted molar refractivity (Wildman–Crippen MR) is 72.5 cm³/mol. The van der Waals surface area contributed by atoms with Crippen molar-refractivity contribution in [3.63, 3.8) is 0 Å². The maximum Gasteiger partial charge on any atom is 0.0455 e. The molecule has 0 aliphatic heterocycles. The van der Waals surface area contributed by atoms with Crippen molar-refractivity contribution in [3.8, 4) is 0 Å². The van der Waals surface area contributed by atoms with Crippen LogP contribution in [-0.4, -0.2) is 4.83 Å². The summed E-state index contributed by atoms with van der Waals surface area (Å²) in [5, 5.41) is 1.45. The Hall–Kier alpha value is 0.280. The Bertz CT molecular complexity index is 325. The molecule has 1 aromatic carbocycles. The quantitative estimate of drug-likeness (QED) is 0.629. The Morgan fingerprint density at radius 3 is 2.53 bits per heavy atom. The number of hydrogen-bond acceptors (Lipinski definition) is 0. The first kappa shape index (κ1) is 13.3. The van der Waals surface area contributed by atoms with E-state index in [2.05, 4.69) is 29.8 Å². The normalized spacial score (nSPS) is 15.0. The summed E-state index contributed by atoms with van der Waals surface area (Å²) in [6, 6.07) is 5.71. The van der Waals surface area contributed by atoms with E-state index in [1.807, 2.05) is 12.1 Å². The summed E-state index contributed by atoms with van der Waals surface area (Å²) >= 11 is 15.7. The molecule has 0 aromatic heterocycles. The molecule has 2 unspecified atom stereocenters. The average molecular weight is 310 g/mol. The molecule has 0 nitrogen and oxygen atoms in total. The summed E-state index contributed by atoms with van der Waals surface area (Å²) in [7, 11) is 0. The van der Waals surface area contributed by atoms with Crippen LogP contribution in [-0.2, 0) is 0 Å². The van der Waals surface area contributed by atoms with Gasteiger partial charge < -0.3 is 0 Å². The van der Waals surface area contributed by atoms with Gasteiger partial charge in [-0.2, -0.15) is 0 Å². The average Bonchev–Trinajstić information content (AvgIpc) is 2.17. The molecule has 0 amide bonds. The Labute approximate surface area is 110 Å². The van der Waals surface area contributed by atoms with Gasteiger partial charge in [-0.25, -0.2) is 0 Å². The Kier molecular flexibility index (Phi) is 5.45. The lowest BCUT2D eigenvalue weighted by molar-refractivity contribution is 0.651. The minimum absolute atomic E-state index is 0.412. The van der Waals surface area contributed by atoms with Crippen molar-refractivity contribution >= 4 is 39.1 Å². The van der Waals surface area contributed by atoms with Crippen LogP contribution >= 0.6 is 39.1 Å². The first-order valence-corrected chi connectivity index (χ1v) is 6.82. The monoisotopic (exact) mass is 308 g/mol. The van der Waals surface area contributed by atoms with Crippen molar-refractivity contribution in [1.29, 1.82) is 0 Å².